The minimum absolute atomic E-state index is 0.0211. The van der Waals surface area contributed by atoms with Gasteiger partial charge < -0.3 is 15.3 Å². The zero-order chi connectivity index (χ0) is 20.0. The summed E-state index contributed by atoms with van der Waals surface area (Å²) in [6.07, 6.45) is 4.11. The zero-order valence-corrected chi connectivity index (χ0v) is 15.9. The van der Waals surface area contributed by atoms with Crippen LogP contribution in [0.5, 0.6) is 0 Å². The molecule has 0 fully saturated rings. The van der Waals surface area contributed by atoms with E-state index in [1.165, 1.54) is 12.1 Å². The van der Waals surface area contributed by atoms with Gasteiger partial charge in [-0.3, -0.25) is 4.79 Å². The third-order valence-electron chi connectivity index (χ3n) is 5.14. The van der Waals surface area contributed by atoms with Gasteiger partial charge in [-0.05, 0) is 59.9 Å². The van der Waals surface area contributed by atoms with Crippen molar-refractivity contribution in [1.29, 1.82) is 0 Å². The van der Waals surface area contributed by atoms with Crippen molar-refractivity contribution in [2.45, 2.75) is 58.2 Å². The summed E-state index contributed by atoms with van der Waals surface area (Å²) in [4.78, 5) is 10.6. The molecule has 1 aliphatic rings. The minimum Gasteiger partial charge on any atom is -0.481 e. The summed E-state index contributed by atoms with van der Waals surface area (Å²) in [7, 11) is 0. The molecular weight excluding hydrogens is 347 g/mol. The van der Waals surface area contributed by atoms with Gasteiger partial charge in [-0.1, -0.05) is 38.1 Å². The van der Waals surface area contributed by atoms with Crippen molar-refractivity contribution in [2.24, 2.45) is 11.8 Å². The van der Waals surface area contributed by atoms with Crippen molar-refractivity contribution in [3.05, 3.63) is 53.4 Å². The number of aliphatic carboxylic acids is 1. The Balaban J connectivity index is 2.26. The van der Waals surface area contributed by atoms with Crippen molar-refractivity contribution < 1.29 is 24.5 Å². The summed E-state index contributed by atoms with van der Waals surface area (Å²) < 4.78 is 13.3. The van der Waals surface area contributed by atoms with Crippen LogP contribution < -0.4 is 0 Å². The maximum absolute atomic E-state index is 13.3. The third kappa shape index (κ3) is 6.60. The minimum atomic E-state index is -1.09. The fraction of sp³-hybridized carbons (Fsp3) is 0.500. The van der Waals surface area contributed by atoms with Gasteiger partial charge in [0, 0.05) is 6.42 Å². The molecule has 4 atom stereocenters. The van der Waals surface area contributed by atoms with Crippen LogP contribution >= 0.6 is 0 Å². The number of benzene rings is 1. The lowest BCUT2D eigenvalue weighted by atomic mass is 9.89. The van der Waals surface area contributed by atoms with Crippen LogP contribution in [0, 0.1) is 17.7 Å². The molecule has 0 spiro atoms. The SMILES string of the molecule is CC1CCC(C)C(/C=C/C(O)CC(O)CC(=O)O)=C(c2ccc(F)cc2)C1. The lowest BCUT2D eigenvalue weighted by molar-refractivity contribution is -0.139. The Bertz CT molecular complexity index is 693. The van der Waals surface area contributed by atoms with Gasteiger partial charge in [0.2, 0.25) is 0 Å². The van der Waals surface area contributed by atoms with Gasteiger partial charge in [0.15, 0.2) is 0 Å². The molecule has 0 saturated heterocycles. The molecule has 1 aromatic carbocycles. The normalized spacial score (nSPS) is 23.3. The predicted molar refractivity (Wildman–Crippen MR) is 104 cm³/mol. The predicted octanol–water partition coefficient (Wildman–Crippen LogP) is 4.18. The number of allylic oxidation sites excluding steroid dienone is 3. The average Bonchev–Trinajstić information content (AvgIpc) is 2.72. The number of hydrogen-bond donors (Lipinski definition) is 3. The van der Waals surface area contributed by atoms with E-state index in [0.29, 0.717) is 11.8 Å². The number of carboxylic acid groups (broad SMARTS) is 1. The van der Waals surface area contributed by atoms with Gasteiger partial charge >= 0.3 is 5.97 Å². The third-order valence-corrected chi connectivity index (χ3v) is 5.14. The molecule has 148 valence electrons. The second-order valence-corrected chi connectivity index (χ2v) is 7.64. The number of rotatable bonds is 7. The van der Waals surface area contributed by atoms with Crippen molar-refractivity contribution >= 4 is 11.5 Å². The first-order valence-corrected chi connectivity index (χ1v) is 9.51. The number of carboxylic acids is 1. The Morgan fingerprint density at radius 1 is 1.22 bits per heavy atom. The topological polar surface area (TPSA) is 77.8 Å². The summed E-state index contributed by atoms with van der Waals surface area (Å²) in [5.41, 5.74) is 3.25. The number of aliphatic hydroxyl groups excluding tert-OH is 2. The van der Waals surface area contributed by atoms with E-state index in [4.69, 9.17) is 5.11 Å². The van der Waals surface area contributed by atoms with Crippen LogP contribution in [0.1, 0.15) is 51.5 Å². The van der Waals surface area contributed by atoms with Crippen molar-refractivity contribution in [1.82, 2.24) is 0 Å². The Labute approximate surface area is 160 Å². The summed E-state index contributed by atoms with van der Waals surface area (Å²) in [5.74, 6) is -0.552. The van der Waals surface area contributed by atoms with Gasteiger partial charge in [0.1, 0.15) is 5.82 Å². The molecule has 0 amide bonds. The smallest absolute Gasteiger partial charge is 0.305 e. The van der Waals surface area contributed by atoms with E-state index in [1.807, 2.05) is 6.08 Å². The van der Waals surface area contributed by atoms with E-state index < -0.39 is 18.2 Å². The first-order valence-electron chi connectivity index (χ1n) is 9.51. The lowest BCUT2D eigenvalue weighted by Crippen LogP contribution is -2.19. The summed E-state index contributed by atoms with van der Waals surface area (Å²) in [6, 6.07) is 6.49. The van der Waals surface area contributed by atoms with Gasteiger partial charge in [-0.2, -0.15) is 0 Å². The Morgan fingerprint density at radius 3 is 2.52 bits per heavy atom. The fourth-order valence-electron chi connectivity index (χ4n) is 3.61. The monoisotopic (exact) mass is 376 g/mol. The quantitative estimate of drug-likeness (QED) is 0.667. The zero-order valence-electron chi connectivity index (χ0n) is 15.9. The van der Waals surface area contributed by atoms with Crippen LogP contribution in [-0.4, -0.2) is 33.5 Å². The Kier molecular flexibility index (Phi) is 7.75. The fourth-order valence-corrected chi connectivity index (χ4v) is 3.61. The van der Waals surface area contributed by atoms with Crippen molar-refractivity contribution in [3.8, 4) is 0 Å². The van der Waals surface area contributed by atoms with Crippen LogP contribution in [0.15, 0.2) is 42.0 Å². The van der Waals surface area contributed by atoms with Gasteiger partial charge in [0.25, 0.3) is 0 Å². The summed E-state index contributed by atoms with van der Waals surface area (Å²) in [5, 5.41) is 28.6. The van der Waals surface area contributed by atoms with Crippen LogP contribution in [0.4, 0.5) is 4.39 Å². The average molecular weight is 376 g/mol. The largest absolute Gasteiger partial charge is 0.481 e. The standard InChI is InChI=1S/C22H29FO4/c1-14-3-4-15(2)20(10-9-18(24)12-19(25)13-22(26)27)21(11-14)16-5-7-17(23)8-6-16/h5-10,14-15,18-19,24-25H,3-4,11-13H2,1-2H3,(H,26,27)/b10-9+. The molecule has 4 nitrogen and oxygen atoms in total. The maximum Gasteiger partial charge on any atom is 0.305 e. The molecule has 0 aliphatic heterocycles. The molecule has 0 aromatic heterocycles. The number of carbonyl (C=O) groups is 1. The molecule has 0 heterocycles. The number of aliphatic hydroxyl groups is 2. The second-order valence-electron chi connectivity index (χ2n) is 7.64. The molecule has 0 bridgehead atoms. The van der Waals surface area contributed by atoms with E-state index in [1.54, 1.807) is 18.2 Å². The first kappa shape index (κ1) is 21.3. The van der Waals surface area contributed by atoms with Crippen LogP contribution in [0.2, 0.25) is 0 Å². The lowest BCUT2D eigenvalue weighted by Gasteiger charge is -2.17. The highest BCUT2D eigenvalue weighted by molar-refractivity contribution is 5.72. The molecule has 0 saturated carbocycles. The van der Waals surface area contributed by atoms with E-state index in [2.05, 4.69) is 13.8 Å². The highest BCUT2D eigenvalue weighted by Gasteiger charge is 2.21. The summed E-state index contributed by atoms with van der Waals surface area (Å²) in [6.45, 7) is 4.35. The molecule has 2 rings (SSSR count). The number of halogens is 1. The molecule has 1 aliphatic carbocycles. The molecule has 0 radical (unpaired) electrons. The van der Waals surface area contributed by atoms with E-state index in [9.17, 15) is 19.4 Å². The number of hydrogen-bond acceptors (Lipinski definition) is 3. The van der Waals surface area contributed by atoms with Gasteiger partial charge in [-0.25, -0.2) is 4.39 Å². The maximum atomic E-state index is 13.3. The molecule has 1 aromatic rings. The van der Waals surface area contributed by atoms with Crippen molar-refractivity contribution in [2.75, 3.05) is 0 Å². The van der Waals surface area contributed by atoms with Crippen LogP contribution in [0.3, 0.4) is 0 Å². The Hall–Kier alpha value is -1.98. The highest BCUT2D eigenvalue weighted by atomic mass is 19.1. The molecule has 4 unspecified atom stereocenters. The molecular formula is C22H29FO4. The Morgan fingerprint density at radius 2 is 1.89 bits per heavy atom. The molecule has 3 N–H and O–H groups in total. The van der Waals surface area contributed by atoms with Crippen LogP contribution in [-0.2, 0) is 4.79 Å². The van der Waals surface area contributed by atoms with Gasteiger partial charge in [0.05, 0.1) is 18.6 Å². The van der Waals surface area contributed by atoms with E-state index in [0.717, 1.165) is 36.0 Å². The summed E-state index contributed by atoms with van der Waals surface area (Å²) >= 11 is 0. The van der Waals surface area contributed by atoms with Gasteiger partial charge in [-0.15, -0.1) is 0 Å². The van der Waals surface area contributed by atoms with E-state index in [-0.39, 0.29) is 18.7 Å². The molecule has 5 heteroatoms. The van der Waals surface area contributed by atoms with Crippen molar-refractivity contribution in [3.63, 3.8) is 0 Å². The first-order chi connectivity index (χ1) is 12.8. The van der Waals surface area contributed by atoms with E-state index >= 15 is 0 Å². The highest BCUT2D eigenvalue weighted by Crippen LogP contribution is 2.38. The van der Waals surface area contributed by atoms with Crippen LogP contribution in [0.25, 0.3) is 5.57 Å². The second kappa shape index (κ2) is 9.81. The molecule has 27 heavy (non-hydrogen) atoms.